The van der Waals surface area contributed by atoms with Gasteiger partial charge in [-0.3, -0.25) is 0 Å². The molecule has 0 spiro atoms. The third-order valence-electron chi connectivity index (χ3n) is 3.67. The van der Waals surface area contributed by atoms with Crippen molar-refractivity contribution >= 4 is 21.6 Å². The molecule has 4 heteroatoms. The summed E-state index contributed by atoms with van der Waals surface area (Å²) in [5.41, 5.74) is 2.10. The Hall–Kier alpha value is -0.580. The number of rotatable bonds is 3. The van der Waals surface area contributed by atoms with Crippen LogP contribution in [-0.2, 0) is 0 Å². The molecule has 0 radical (unpaired) electrons. The van der Waals surface area contributed by atoms with E-state index in [0.717, 1.165) is 36.0 Å². The van der Waals surface area contributed by atoms with E-state index in [0.29, 0.717) is 12.5 Å². The summed E-state index contributed by atoms with van der Waals surface area (Å²) in [6, 6.07) is 6.11. The van der Waals surface area contributed by atoms with Gasteiger partial charge in [-0.05, 0) is 43.4 Å². The van der Waals surface area contributed by atoms with Gasteiger partial charge in [0.2, 0.25) is 0 Å². The summed E-state index contributed by atoms with van der Waals surface area (Å²) in [6.07, 6.45) is 1.65. The lowest BCUT2D eigenvalue weighted by atomic mass is 9.97. The molecule has 1 saturated heterocycles. The van der Waals surface area contributed by atoms with E-state index in [-0.39, 0.29) is 0 Å². The molecule has 1 aliphatic heterocycles. The minimum atomic E-state index is -0.450. The van der Waals surface area contributed by atoms with Crippen molar-refractivity contribution in [3.63, 3.8) is 0 Å². The van der Waals surface area contributed by atoms with Gasteiger partial charge in [0.1, 0.15) is 0 Å². The summed E-state index contributed by atoms with van der Waals surface area (Å²) in [5, 5.41) is 18.7. The van der Waals surface area contributed by atoms with Gasteiger partial charge < -0.3 is 15.1 Å². The summed E-state index contributed by atoms with van der Waals surface area (Å²) in [6.45, 7) is 4.06. The first-order chi connectivity index (χ1) is 8.61. The van der Waals surface area contributed by atoms with Gasteiger partial charge in [-0.25, -0.2) is 0 Å². The predicted octanol–water partition coefficient (Wildman–Crippen LogP) is 2.71. The Labute approximate surface area is 117 Å². The third kappa shape index (κ3) is 3.05. The maximum absolute atomic E-state index is 9.60. The van der Waals surface area contributed by atoms with Crippen LogP contribution in [0.1, 0.15) is 31.4 Å². The zero-order valence-corrected chi connectivity index (χ0v) is 12.2. The van der Waals surface area contributed by atoms with E-state index in [4.69, 9.17) is 5.11 Å². The molecule has 1 heterocycles. The molecule has 0 saturated carbocycles. The van der Waals surface area contributed by atoms with E-state index in [1.807, 2.05) is 6.07 Å². The molecule has 1 atom stereocenters. The quantitative estimate of drug-likeness (QED) is 0.901. The first kappa shape index (κ1) is 13.8. The molecule has 1 unspecified atom stereocenters. The molecule has 1 aliphatic rings. The summed E-state index contributed by atoms with van der Waals surface area (Å²) in [5.74, 6) is 0.460. The molecule has 0 aromatic heterocycles. The topological polar surface area (TPSA) is 43.7 Å². The van der Waals surface area contributed by atoms with Gasteiger partial charge in [-0.2, -0.15) is 0 Å². The number of benzene rings is 1. The maximum atomic E-state index is 9.60. The Balaban J connectivity index is 2.08. The van der Waals surface area contributed by atoms with E-state index in [1.165, 1.54) is 5.69 Å². The lowest BCUT2D eigenvalue weighted by Gasteiger charge is -2.33. The highest BCUT2D eigenvalue weighted by Gasteiger charge is 2.19. The molecular formula is C14H20BrNO2. The molecule has 2 rings (SSSR count). The van der Waals surface area contributed by atoms with Crippen LogP contribution in [0.4, 0.5) is 5.69 Å². The van der Waals surface area contributed by atoms with Gasteiger partial charge >= 0.3 is 0 Å². The van der Waals surface area contributed by atoms with E-state index in [9.17, 15) is 5.11 Å². The van der Waals surface area contributed by atoms with Crippen LogP contribution in [0.2, 0.25) is 0 Å². The van der Waals surface area contributed by atoms with Gasteiger partial charge in [0.25, 0.3) is 0 Å². The SMILES string of the molecule is CC(O)c1ccc(N2CCC(CO)CC2)cc1Br. The molecule has 100 valence electrons. The van der Waals surface area contributed by atoms with E-state index >= 15 is 0 Å². The second-order valence-corrected chi connectivity index (χ2v) is 5.85. The van der Waals surface area contributed by atoms with Gasteiger partial charge in [-0.1, -0.05) is 22.0 Å². The number of hydrogen-bond donors (Lipinski definition) is 2. The van der Waals surface area contributed by atoms with E-state index in [2.05, 4.69) is 33.0 Å². The second kappa shape index (κ2) is 6.04. The summed E-state index contributed by atoms with van der Waals surface area (Å²) in [4.78, 5) is 2.34. The number of anilines is 1. The fourth-order valence-corrected chi connectivity index (χ4v) is 3.12. The van der Waals surface area contributed by atoms with Crippen LogP contribution in [0.25, 0.3) is 0 Å². The molecule has 1 aromatic carbocycles. The van der Waals surface area contributed by atoms with Crippen molar-refractivity contribution in [2.24, 2.45) is 5.92 Å². The smallest absolute Gasteiger partial charge is 0.0772 e. The Bertz CT molecular complexity index is 401. The lowest BCUT2D eigenvalue weighted by Crippen LogP contribution is -2.34. The highest BCUT2D eigenvalue weighted by molar-refractivity contribution is 9.10. The Morgan fingerprint density at radius 1 is 1.39 bits per heavy atom. The van der Waals surface area contributed by atoms with Crippen LogP contribution in [-0.4, -0.2) is 29.9 Å². The number of halogens is 1. The molecule has 1 fully saturated rings. The lowest BCUT2D eigenvalue weighted by molar-refractivity contribution is 0.198. The zero-order valence-electron chi connectivity index (χ0n) is 10.6. The normalized spacial score (nSPS) is 19.0. The van der Waals surface area contributed by atoms with Gasteiger partial charge in [-0.15, -0.1) is 0 Å². The van der Waals surface area contributed by atoms with Crippen LogP contribution in [0.15, 0.2) is 22.7 Å². The summed E-state index contributed by atoms with van der Waals surface area (Å²) < 4.78 is 0.958. The first-order valence-electron chi connectivity index (χ1n) is 6.45. The van der Waals surface area contributed by atoms with Crippen molar-refractivity contribution < 1.29 is 10.2 Å². The van der Waals surface area contributed by atoms with Crippen molar-refractivity contribution in [3.05, 3.63) is 28.2 Å². The van der Waals surface area contributed by atoms with Crippen LogP contribution in [0.3, 0.4) is 0 Å². The molecule has 2 N–H and O–H groups in total. The molecule has 0 bridgehead atoms. The van der Waals surface area contributed by atoms with Crippen LogP contribution in [0, 0.1) is 5.92 Å². The van der Waals surface area contributed by atoms with Crippen LogP contribution >= 0.6 is 15.9 Å². The fourth-order valence-electron chi connectivity index (χ4n) is 2.43. The van der Waals surface area contributed by atoms with Crippen LogP contribution in [0.5, 0.6) is 0 Å². The van der Waals surface area contributed by atoms with Crippen molar-refractivity contribution in [1.29, 1.82) is 0 Å². The minimum Gasteiger partial charge on any atom is -0.396 e. The van der Waals surface area contributed by atoms with Crippen molar-refractivity contribution in [1.82, 2.24) is 0 Å². The highest BCUT2D eigenvalue weighted by Crippen LogP contribution is 2.30. The van der Waals surface area contributed by atoms with Crippen molar-refractivity contribution in [3.8, 4) is 0 Å². The summed E-state index contributed by atoms with van der Waals surface area (Å²) in [7, 11) is 0. The second-order valence-electron chi connectivity index (χ2n) is 4.99. The standard InChI is InChI=1S/C14H20BrNO2/c1-10(18)13-3-2-12(8-14(13)15)16-6-4-11(9-17)5-7-16/h2-3,8,10-11,17-18H,4-7,9H2,1H3. The van der Waals surface area contributed by atoms with Gasteiger partial charge in [0, 0.05) is 29.9 Å². The Morgan fingerprint density at radius 2 is 2.06 bits per heavy atom. The first-order valence-corrected chi connectivity index (χ1v) is 7.24. The average Bonchev–Trinajstić information content (AvgIpc) is 2.38. The van der Waals surface area contributed by atoms with E-state index in [1.54, 1.807) is 6.92 Å². The number of nitrogens with zero attached hydrogens (tertiary/aromatic N) is 1. The number of piperidine rings is 1. The number of hydrogen-bond acceptors (Lipinski definition) is 3. The molecule has 3 nitrogen and oxygen atoms in total. The fraction of sp³-hybridized carbons (Fsp3) is 0.571. The molecule has 0 amide bonds. The largest absolute Gasteiger partial charge is 0.396 e. The Kier molecular flexibility index (Phi) is 4.65. The Morgan fingerprint density at radius 3 is 2.56 bits per heavy atom. The van der Waals surface area contributed by atoms with Gasteiger partial charge in [0.15, 0.2) is 0 Å². The molecular weight excluding hydrogens is 294 g/mol. The molecule has 18 heavy (non-hydrogen) atoms. The predicted molar refractivity (Wildman–Crippen MR) is 76.8 cm³/mol. The maximum Gasteiger partial charge on any atom is 0.0772 e. The highest BCUT2D eigenvalue weighted by atomic mass is 79.9. The minimum absolute atomic E-state index is 0.304. The van der Waals surface area contributed by atoms with Crippen LogP contribution < -0.4 is 4.90 Å². The zero-order chi connectivity index (χ0) is 13.1. The average molecular weight is 314 g/mol. The van der Waals surface area contributed by atoms with Crippen molar-refractivity contribution in [2.75, 3.05) is 24.6 Å². The van der Waals surface area contributed by atoms with Crippen molar-refractivity contribution in [2.45, 2.75) is 25.9 Å². The molecule has 0 aliphatic carbocycles. The van der Waals surface area contributed by atoms with Gasteiger partial charge in [0.05, 0.1) is 6.10 Å². The number of aliphatic hydroxyl groups is 2. The number of aliphatic hydroxyl groups excluding tert-OH is 2. The third-order valence-corrected chi connectivity index (χ3v) is 4.36. The molecule has 1 aromatic rings. The summed E-state index contributed by atoms with van der Waals surface area (Å²) >= 11 is 3.51. The monoisotopic (exact) mass is 313 g/mol. The van der Waals surface area contributed by atoms with E-state index < -0.39 is 6.10 Å².